The number of amides is 1. The molecule has 17 heavy (non-hydrogen) atoms. The zero-order valence-electron chi connectivity index (χ0n) is 9.68. The van der Waals surface area contributed by atoms with Crippen molar-refractivity contribution in [2.45, 2.75) is 12.5 Å². The smallest absolute Gasteiger partial charge is 0.227 e. The van der Waals surface area contributed by atoms with Crippen molar-refractivity contribution < 1.29 is 14.1 Å². The third kappa shape index (κ3) is 3.01. The fraction of sp³-hybridized carbons (Fsp3) is 0.700. The van der Waals surface area contributed by atoms with E-state index in [4.69, 9.17) is 4.74 Å². The van der Waals surface area contributed by atoms with Crippen molar-refractivity contribution in [1.82, 2.24) is 20.8 Å². The Labute approximate surface area is 98.9 Å². The molecule has 0 saturated carbocycles. The minimum atomic E-state index is -0.120. The monoisotopic (exact) mass is 240 g/mol. The predicted molar refractivity (Wildman–Crippen MR) is 58.2 cm³/mol. The van der Waals surface area contributed by atoms with Gasteiger partial charge in [0.05, 0.1) is 19.1 Å². The number of carbonyl (C=O) groups excluding carboxylic acids is 1. The molecule has 0 aliphatic carbocycles. The second-order valence-electron chi connectivity index (χ2n) is 3.93. The van der Waals surface area contributed by atoms with Crippen molar-refractivity contribution in [2.75, 3.05) is 26.8 Å². The highest BCUT2D eigenvalue weighted by atomic mass is 16.5. The van der Waals surface area contributed by atoms with E-state index in [1.807, 2.05) is 7.05 Å². The van der Waals surface area contributed by atoms with E-state index in [1.165, 1.54) is 6.39 Å². The van der Waals surface area contributed by atoms with Gasteiger partial charge in [0.25, 0.3) is 0 Å². The molecule has 1 fully saturated rings. The number of nitrogens with one attached hydrogen (secondary N) is 2. The summed E-state index contributed by atoms with van der Waals surface area (Å²) in [6.07, 6.45) is 1.85. The lowest BCUT2D eigenvalue weighted by atomic mass is 10.0. The van der Waals surface area contributed by atoms with Gasteiger partial charge in [-0.25, -0.2) is 0 Å². The van der Waals surface area contributed by atoms with Gasteiger partial charge in [0, 0.05) is 19.0 Å². The fourth-order valence-corrected chi connectivity index (χ4v) is 1.83. The van der Waals surface area contributed by atoms with Crippen molar-refractivity contribution in [3.05, 3.63) is 12.2 Å². The summed E-state index contributed by atoms with van der Waals surface area (Å²) in [5.41, 5.74) is 0. The Balaban J connectivity index is 1.73. The number of likely N-dealkylation sites (N-methyl/N-ethyl adjacent to an activating group) is 1. The second kappa shape index (κ2) is 5.74. The van der Waals surface area contributed by atoms with Crippen molar-refractivity contribution in [3.63, 3.8) is 0 Å². The summed E-state index contributed by atoms with van der Waals surface area (Å²) >= 11 is 0. The Morgan fingerprint density at radius 1 is 1.59 bits per heavy atom. The Bertz CT molecular complexity index is 354. The summed E-state index contributed by atoms with van der Waals surface area (Å²) < 4.78 is 9.87. The number of hydrogen-bond acceptors (Lipinski definition) is 6. The molecular weight excluding hydrogens is 224 g/mol. The highest BCUT2D eigenvalue weighted by molar-refractivity contribution is 5.79. The van der Waals surface area contributed by atoms with Gasteiger partial charge in [-0.05, 0) is 7.05 Å². The number of ether oxygens (including phenoxy) is 1. The molecule has 2 rings (SSSR count). The van der Waals surface area contributed by atoms with Crippen LogP contribution in [0, 0.1) is 5.92 Å². The Kier molecular flexibility index (Phi) is 4.05. The van der Waals surface area contributed by atoms with Crippen LogP contribution in [0.3, 0.4) is 0 Å². The lowest BCUT2D eigenvalue weighted by molar-refractivity contribution is -0.125. The van der Waals surface area contributed by atoms with Gasteiger partial charge in [-0.1, -0.05) is 5.16 Å². The van der Waals surface area contributed by atoms with Gasteiger partial charge in [-0.15, -0.1) is 0 Å². The molecule has 2 unspecified atom stereocenters. The molecule has 7 heteroatoms. The summed E-state index contributed by atoms with van der Waals surface area (Å²) in [4.78, 5) is 15.7. The van der Waals surface area contributed by atoms with Crippen molar-refractivity contribution in [3.8, 4) is 0 Å². The van der Waals surface area contributed by atoms with Crippen molar-refractivity contribution >= 4 is 5.91 Å². The maximum atomic E-state index is 11.8. The molecule has 0 spiro atoms. The van der Waals surface area contributed by atoms with Gasteiger partial charge in [0.1, 0.15) is 0 Å². The van der Waals surface area contributed by atoms with E-state index in [0.717, 1.165) is 0 Å². The molecule has 94 valence electrons. The number of nitrogens with zero attached hydrogens (tertiary/aromatic N) is 2. The molecule has 2 heterocycles. The van der Waals surface area contributed by atoms with Gasteiger partial charge in [0.2, 0.25) is 12.3 Å². The Morgan fingerprint density at radius 3 is 3.18 bits per heavy atom. The molecule has 1 saturated heterocycles. The molecule has 7 nitrogen and oxygen atoms in total. The predicted octanol–water partition coefficient (Wildman–Crippen LogP) is -1.04. The van der Waals surface area contributed by atoms with Gasteiger partial charge in [-0.2, -0.15) is 4.98 Å². The van der Waals surface area contributed by atoms with Crippen LogP contribution in [0.2, 0.25) is 0 Å². The summed E-state index contributed by atoms with van der Waals surface area (Å²) in [5.74, 6) is 0.480. The summed E-state index contributed by atoms with van der Waals surface area (Å²) in [7, 11) is 1.83. The van der Waals surface area contributed by atoms with E-state index >= 15 is 0 Å². The van der Waals surface area contributed by atoms with Gasteiger partial charge < -0.3 is 19.9 Å². The highest BCUT2D eigenvalue weighted by Crippen LogP contribution is 2.13. The third-order valence-corrected chi connectivity index (χ3v) is 2.84. The minimum Gasteiger partial charge on any atom is -0.379 e. The van der Waals surface area contributed by atoms with Crippen LogP contribution in [0.5, 0.6) is 0 Å². The molecule has 0 aromatic carbocycles. The molecule has 1 aromatic rings. The molecule has 1 aromatic heterocycles. The maximum Gasteiger partial charge on any atom is 0.227 e. The molecule has 1 aliphatic heterocycles. The first-order chi connectivity index (χ1) is 8.31. The summed E-state index contributed by atoms with van der Waals surface area (Å²) in [6.45, 7) is 1.56. The number of aromatic nitrogens is 2. The van der Waals surface area contributed by atoms with Crippen LogP contribution in [0.25, 0.3) is 0 Å². The fourth-order valence-electron chi connectivity index (χ4n) is 1.83. The molecular formula is C10H16N4O3. The number of carbonyl (C=O) groups is 1. The molecule has 1 aliphatic rings. The van der Waals surface area contributed by atoms with E-state index in [-0.39, 0.29) is 17.9 Å². The van der Waals surface area contributed by atoms with Crippen LogP contribution in [0.4, 0.5) is 0 Å². The standard InChI is InChI=1S/C10H16N4O3/c1-11-8-5-16-4-7(8)10(15)12-3-2-9-13-6-17-14-9/h6-8,11H,2-5H2,1H3,(H,12,15). The maximum absolute atomic E-state index is 11.8. The van der Waals surface area contributed by atoms with E-state index in [9.17, 15) is 4.79 Å². The minimum absolute atomic E-state index is 0.00495. The summed E-state index contributed by atoms with van der Waals surface area (Å²) in [5, 5.41) is 9.59. The molecule has 0 radical (unpaired) electrons. The van der Waals surface area contributed by atoms with Gasteiger partial charge >= 0.3 is 0 Å². The highest BCUT2D eigenvalue weighted by Gasteiger charge is 2.32. The third-order valence-electron chi connectivity index (χ3n) is 2.84. The number of hydrogen-bond donors (Lipinski definition) is 2. The van der Waals surface area contributed by atoms with Crippen LogP contribution in [0.1, 0.15) is 5.82 Å². The van der Waals surface area contributed by atoms with Crippen LogP contribution < -0.4 is 10.6 Å². The topological polar surface area (TPSA) is 89.3 Å². The zero-order valence-corrected chi connectivity index (χ0v) is 9.68. The average Bonchev–Trinajstić information content (AvgIpc) is 2.99. The van der Waals surface area contributed by atoms with Crippen LogP contribution in [-0.4, -0.2) is 48.9 Å². The van der Waals surface area contributed by atoms with Gasteiger partial charge in [0.15, 0.2) is 5.82 Å². The first-order valence-electron chi connectivity index (χ1n) is 5.59. The molecule has 0 bridgehead atoms. The van der Waals surface area contributed by atoms with Crippen LogP contribution in [0.15, 0.2) is 10.9 Å². The van der Waals surface area contributed by atoms with E-state index in [2.05, 4.69) is 25.3 Å². The van der Waals surface area contributed by atoms with Gasteiger partial charge in [-0.3, -0.25) is 4.79 Å². The van der Waals surface area contributed by atoms with E-state index in [0.29, 0.717) is 32.0 Å². The Hall–Kier alpha value is -1.47. The molecule has 2 N–H and O–H groups in total. The van der Waals surface area contributed by atoms with Crippen LogP contribution >= 0.6 is 0 Å². The first-order valence-corrected chi connectivity index (χ1v) is 5.59. The first kappa shape index (κ1) is 12.0. The number of rotatable bonds is 5. The SMILES string of the molecule is CNC1COCC1C(=O)NCCc1ncon1. The van der Waals surface area contributed by atoms with E-state index in [1.54, 1.807) is 0 Å². The van der Waals surface area contributed by atoms with Crippen molar-refractivity contribution in [2.24, 2.45) is 5.92 Å². The largest absolute Gasteiger partial charge is 0.379 e. The lowest BCUT2D eigenvalue weighted by Crippen LogP contribution is -2.43. The normalized spacial score (nSPS) is 23.8. The van der Waals surface area contributed by atoms with E-state index < -0.39 is 0 Å². The molecule has 1 amide bonds. The van der Waals surface area contributed by atoms with Crippen LogP contribution in [-0.2, 0) is 16.0 Å². The second-order valence-corrected chi connectivity index (χ2v) is 3.93. The van der Waals surface area contributed by atoms with Crippen molar-refractivity contribution in [1.29, 1.82) is 0 Å². The molecule has 2 atom stereocenters. The lowest BCUT2D eigenvalue weighted by Gasteiger charge is -2.15. The Morgan fingerprint density at radius 2 is 2.47 bits per heavy atom. The zero-order chi connectivity index (χ0) is 12.1. The summed E-state index contributed by atoms with van der Waals surface area (Å²) in [6, 6.07) is 0.0974. The average molecular weight is 240 g/mol. The quantitative estimate of drug-likeness (QED) is 0.683.